The lowest BCUT2D eigenvalue weighted by molar-refractivity contribution is -0.384. The quantitative estimate of drug-likeness (QED) is 0.113. The standard InChI is InChI=1S/C26H24N6O6S/c1-4-22(25(33)27-14-17-6-5-11-38-17)39-26-28-19-13-21(37-3)20(36-2)12-18(19)24-29-23(30-31(24)26)15-7-9-16(10-8-15)32(34)35/h5-13,22H,4,14H2,1-3H3,(H,27,33)/t22-/m0/s1. The molecule has 1 amide bonds. The van der Waals surface area contributed by atoms with Gasteiger partial charge in [-0.05, 0) is 36.8 Å². The Labute approximate surface area is 226 Å². The first-order chi connectivity index (χ1) is 18.9. The number of non-ortho nitro benzene ring substituents is 1. The van der Waals surface area contributed by atoms with Crippen LogP contribution in [0, 0.1) is 10.1 Å². The molecule has 0 unspecified atom stereocenters. The van der Waals surface area contributed by atoms with Gasteiger partial charge in [0.05, 0.1) is 42.7 Å². The first-order valence-electron chi connectivity index (χ1n) is 12.0. The molecule has 0 saturated carbocycles. The molecule has 1 atom stereocenters. The van der Waals surface area contributed by atoms with Gasteiger partial charge in [0.1, 0.15) is 5.76 Å². The molecule has 200 valence electrons. The Bertz CT molecular complexity index is 1650. The molecule has 0 bridgehead atoms. The molecule has 0 saturated heterocycles. The van der Waals surface area contributed by atoms with Gasteiger partial charge in [-0.1, -0.05) is 18.7 Å². The number of thioether (sulfide) groups is 1. The Morgan fingerprint density at radius 1 is 1.15 bits per heavy atom. The van der Waals surface area contributed by atoms with Crippen molar-refractivity contribution in [3.8, 4) is 22.9 Å². The average molecular weight is 549 g/mol. The van der Waals surface area contributed by atoms with E-state index < -0.39 is 10.2 Å². The smallest absolute Gasteiger partial charge is 0.269 e. The number of ether oxygens (including phenoxy) is 2. The number of hydrogen-bond acceptors (Lipinski definition) is 10. The van der Waals surface area contributed by atoms with Gasteiger partial charge in [-0.3, -0.25) is 14.9 Å². The molecule has 0 aliphatic heterocycles. The number of carbonyl (C=O) groups excluding carboxylic acids is 1. The molecule has 3 aromatic heterocycles. The molecule has 0 spiro atoms. The zero-order valence-corrected chi connectivity index (χ0v) is 22.1. The van der Waals surface area contributed by atoms with E-state index in [9.17, 15) is 14.9 Å². The number of amides is 1. The van der Waals surface area contributed by atoms with E-state index in [1.807, 2.05) is 6.92 Å². The number of methoxy groups -OCH3 is 2. The van der Waals surface area contributed by atoms with Gasteiger partial charge in [0.25, 0.3) is 5.69 Å². The summed E-state index contributed by atoms with van der Waals surface area (Å²) >= 11 is 1.26. The zero-order valence-electron chi connectivity index (χ0n) is 21.3. The van der Waals surface area contributed by atoms with Crippen LogP contribution in [-0.4, -0.2) is 49.9 Å². The van der Waals surface area contributed by atoms with Crippen LogP contribution in [-0.2, 0) is 11.3 Å². The first-order valence-corrected chi connectivity index (χ1v) is 12.8. The summed E-state index contributed by atoms with van der Waals surface area (Å²) in [4.78, 5) is 33.2. The fourth-order valence-electron chi connectivity index (χ4n) is 3.99. The second-order valence-corrected chi connectivity index (χ2v) is 9.58. The number of hydrogen-bond donors (Lipinski definition) is 1. The normalized spacial score (nSPS) is 12.0. The number of furan rings is 1. The van der Waals surface area contributed by atoms with E-state index >= 15 is 0 Å². The Morgan fingerprint density at radius 3 is 2.54 bits per heavy atom. The van der Waals surface area contributed by atoms with Gasteiger partial charge in [-0.15, -0.1) is 5.10 Å². The summed E-state index contributed by atoms with van der Waals surface area (Å²) in [5, 5.41) is 19.3. The SMILES string of the molecule is CC[C@H](Sc1nc2cc(OC)c(OC)cc2c2nc(-c3ccc([N+](=O)[O-])cc3)nn12)C(=O)NCc1ccco1. The van der Waals surface area contributed by atoms with Crippen LogP contribution in [0.4, 0.5) is 5.69 Å². The third-order valence-corrected chi connectivity index (χ3v) is 7.32. The molecule has 3 heterocycles. The van der Waals surface area contributed by atoms with Crippen molar-refractivity contribution in [3.05, 3.63) is 70.7 Å². The van der Waals surface area contributed by atoms with Gasteiger partial charge in [-0.25, -0.2) is 9.97 Å². The number of nitro groups is 1. The lowest BCUT2D eigenvalue weighted by Gasteiger charge is -2.15. The maximum absolute atomic E-state index is 13.0. The van der Waals surface area contributed by atoms with Crippen molar-refractivity contribution < 1.29 is 23.6 Å². The molecule has 0 aliphatic rings. The van der Waals surface area contributed by atoms with Crippen LogP contribution >= 0.6 is 11.8 Å². The molecule has 5 aromatic rings. The van der Waals surface area contributed by atoms with E-state index in [0.29, 0.717) is 56.8 Å². The molecule has 13 heteroatoms. The van der Waals surface area contributed by atoms with Crippen LogP contribution in [0.1, 0.15) is 19.1 Å². The Hall–Kier alpha value is -4.65. The van der Waals surface area contributed by atoms with Gasteiger partial charge >= 0.3 is 0 Å². The van der Waals surface area contributed by atoms with E-state index in [4.69, 9.17) is 23.9 Å². The lowest BCUT2D eigenvalue weighted by Crippen LogP contribution is -2.32. The third-order valence-electron chi connectivity index (χ3n) is 6.01. The van der Waals surface area contributed by atoms with Crippen molar-refractivity contribution in [1.82, 2.24) is 24.9 Å². The van der Waals surface area contributed by atoms with Crippen LogP contribution in [0.5, 0.6) is 11.5 Å². The summed E-state index contributed by atoms with van der Waals surface area (Å²) in [7, 11) is 3.08. The van der Waals surface area contributed by atoms with E-state index in [-0.39, 0.29) is 18.1 Å². The summed E-state index contributed by atoms with van der Waals surface area (Å²) < 4.78 is 17.8. The van der Waals surface area contributed by atoms with Crippen molar-refractivity contribution in [2.24, 2.45) is 0 Å². The minimum absolute atomic E-state index is 0.0333. The van der Waals surface area contributed by atoms with Crippen LogP contribution in [0.2, 0.25) is 0 Å². The summed E-state index contributed by atoms with van der Waals surface area (Å²) in [5.74, 6) is 1.83. The van der Waals surface area contributed by atoms with Crippen molar-refractivity contribution in [1.29, 1.82) is 0 Å². The second kappa shape index (κ2) is 11.0. The van der Waals surface area contributed by atoms with E-state index in [1.165, 1.54) is 38.1 Å². The van der Waals surface area contributed by atoms with Gasteiger partial charge in [0.2, 0.25) is 5.91 Å². The van der Waals surface area contributed by atoms with E-state index in [2.05, 4.69) is 10.4 Å². The van der Waals surface area contributed by atoms with Gasteiger partial charge in [0.15, 0.2) is 28.1 Å². The summed E-state index contributed by atoms with van der Waals surface area (Å²) in [6, 6.07) is 13.1. The first kappa shape index (κ1) is 26.0. The zero-order chi connectivity index (χ0) is 27.5. The highest BCUT2D eigenvalue weighted by Crippen LogP contribution is 2.36. The number of benzene rings is 2. The molecule has 2 aromatic carbocycles. The number of nitrogens with one attached hydrogen (secondary N) is 1. The average Bonchev–Trinajstić information content (AvgIpc) is 3.64. The second-order valence-electron chi connectivity index (χ2n) is 8.41. The monoisotopic (exact) mass is 548 g/mol. The fraction of sp³-hybridized carbons (Fsp3) is 0.231. The molecular weight excluding hydrogens is 524 g/mol. The van der Waals surface area contributed by atoms with Crippen LogP contribution < -0.4 is 14.8 Å². The topological polar surface area (TPSA) is 147 Å². The number of rotatable bonds is 10. The molecule has 0 fully saturated rings. The molecule has 39 heavy (non-hydrogen) atoms. The largest absolute Gasteiger partial charge is 0.493 e. The molecule has 5 rings (SSSR count). The highest BCUT2D eigenvalue weighted by atomic mass is 32.2. The molecule has 1 N–H and O–H groups in total. The van der Waals surface area contributed by atoms with E-state index in [0.717, 1.165) is 0 Å². The predicted molar refractivity (Wildman–Crippen MR) is 144 cm³/mol. The van der Waals surface area contributed by atoms with Gasteiger partial charge in [0, 0.05) is 29.1 Å². The number of aromatic nitrogens is 4. The van der Waals surface area contributed by atoms with Crippen molar-refractivity contribution in [3.63, 3.8) is 0 Å². The van der Waals surface area contributed by atoms with Crippen molar-refractivity contribution in [2.75, 3.05) is 14.2 Å². The predicted octanol–water partition coefficient (Wildman–Crippen LogP) is 4.65. The van der Waals surface area contributed by atoms with Gasteiger partial charge in [-0.2, -0.15) is 4.52 Å². The van der Waals surface area contributed by atoms with Gasteiger partial charge < -0.3 is 19.2 Å². The Balaban J connectivity index is 1.59. The minimum Gasteiger partial charge on any atom is -0.493 e. The molecular formula is C26H24N6O6S. The summed E-state index contributed by atoms with van der Waals surface area (Å²) in [6.45, 7) is 2.19. The van der Waals surface area contributed by atoms with E-state index in [1.54, 1.807) is 47.2 Å². The number of nitro benzene ring substituents is 1. The highest BCUT2D eigenvalue weighted by molar-refractivity contribution is 8.00. The molecule has 0 radical (unpaired) electrons. The van der Waals surface area contributed by atoms with Crippen LogP contribution in [0.25, 0.3) is 27.9 Å². The summed E-state index contributed by atoms with van der Waals surface area (Å²) in [5.41, 5.74) is 1.63. The third kappa shape index (κ3) is 5.21. The van der Waals surface area contributed by atoms with Crippen molar-refractivity contribution in [2.45, 2.75) is 30.3 Å². The maximum Gasteiger partial charge on any atom is 0.269 e. The number of nitrogens with zero attached hydrogens (tertiary/aromatic N) is 5. The maximum atomic E-state index is 13.0. The Kier molecular flexibility index (Phi) is 7.32. The summed E-state index contributed by atoms with van der Waals surface area (Å²) in [6.07, 6.45) is 2.09. The van der Waals surface area contributed by atoms with Crippen LogP contribution in [0.15, 0.2) is 64.4 Å². The lowest BCUT2D eigenvalue weighted by atomic mass is 10.2. The fourth-order valence-corrected chi connectivity index (χ4v) is 4.98. The van der Waals surface area contributed by atoms with Crippen LogP contribution in [0.3, 0.4) is 0 Å². The molecule has 0 aliphatic carbocycles. The molecule has 12 nitrogen and oxygen atoms in total. The Morgan fingerprint density at radius 2 is 1.90 bits per heavy atom. The highest BCUT2D eigenvalue weighted by Gasteiger charge is 2.24. The van der Waals surface area contributed by atoms with Crippen molar-refractivity contribution >= 4 is 39.9 Å². The number of carbonyl (C=O) groups is 1. The number of fused-ring (bicyclic) bond motifs is 3. The minimum atomic E-state index is -0.472.